The molecular weight excluding hydrogens is 352 g/mol. The topological polar surface area (TPSA) is 56.8 Å². The SMILES string of the molecule is Cc1ncccc1C(=O)N1CCC(N2CCCC(C(=O)N3CCCC3)C2)CC1. The van der Waals surface area contributed by atoms with Crippen molar-refractivity contribution in [1.82, 2.24) is 19.7 Å². The molecule has 3 saturated heterocycles. The first kappa shape index (κ1) is 19.4. The van der Waals surface area contributed by atoms with E-state index in [1.807, 2.05) is 24.0 Å². The van der Waals surface area contributed by atoms with Crippen LogP contribution in [0.3, 0.4) is 0 Å². The maximum Gasteiger partial charge on any atom is 0.255 e. The summed E-state index contributed by atoms with van der Waals surface area (Å²) in [6, 6.07) is 4.20. The Morgan fingerprint density at radius 2 is 1.71 bits per heavy atom. The van der Waals surface area contributed by atoms with Gasteiger partial charge in [0.25, 0.3) is 5.91 Å². The van der Waals surface area contributed by atoms with Gasteiger partial charge in [0.2, 0.25) is 5.91 Å². The third-order valence-corrected chi connectivity index (χ3v) is 6.73. The summed E-state index contributed by atoms with van der Waals surface area (Å²) >= 11 is 0. The number of hydrogen-bond donors (Lipinski definition) is 0. The number of amides is 2. The maximum absolute atomic E-state index is 12.8. The number of carbonyl (C=O) groups is 2. The van der Waals surface area contributed by atoms with Gasteiger partial charge in [0, 0.05) is 50.7 Å². The first-order valence-electron chi connectivity index (χ1n) is 10.9. The molecule has 1 aromatic rings. The third kappa shape index (κ3) is 4.07. The molecule has 1 atom stereocenters. The molecule has 4 rings (SSSR count). The van der Waals surface area contributed by atoms with Crippen LogP contribution in [0.25, 0.3) is 0 Å². The van der Waals surface area contributed by atoms with E-state index < -0.39 is 0 Å². The number of pyridine rings is 1. The van der Waals surface area contributed by atoms with E-state index in [1.54, 1.807) is 6.20 Å². The van der Waals surface area contributed by atoms with Crippen LogP contribution < -0.4 is 0 Å². The highest BCUT2D eigenvalue weighted by molar-refractivity contribution is 5.95. The van der Waals surface area contributed by atoms with Crippen LogP contribution >= 0.6 is 0 Å². The first-order chi connectivity index (χ1) is 13.6. The number of aryl methyl sites for hydroxylation is 1. The average molecular weight is 385 g/mol. The summed E-state index contributed by atoms with van der Waals surface area (Å²) in [6.45, 7) is 7.36. The van der Waals surface area contributed by atoms with Gasteiger partial charge in [0.1, 0.15) is 0 Å². The number of rotatable bonds is 3. The van der Waals surface area contributed by atoms with Crippen LogP contribution in [0, 0.1) is 12.8 Å². The fraction of sp³-hybridized carbons (Fsp3) is 0.682. The molecule has 0 N–H and O–H groups in total. The molecule has 1 unspecified atom stereocenters. The minimum Gasteiger partial charge on any atom is -0.342 e. The zero-order chi connectivity index (χ0) is 19.5. The zero-order valence-electron chi connectivity index (χ0n) is 17.0. The Hall–Kier alpha value is -1.95. The largest absolute Gasteiger partial charge is 0.342 e. The van der Waals surface area contributed by atoms with Crippen molar-refractivity contribution in [3.8, 4) is 0 Å². The van der Waals surface area contributed by atoms with Gasteiger partial charge in [-0.3, -0.25) is 19.5 Å². The van der Waals surface area contributed by atoms with E-state index >= 15 is 0 Å². The summed E-state index contributed by atoms with van der Waals surface area (Å²) < 4.78 is 0. The second kappa shape index (κ2) is 8.60. The lowest BCUT2D eigenvalue weighted by atomic mass is 9.92. The Kier molecular flexibility index (Phi) is 5.95. The van der Waals surface area contributed by atoms with Crippen LogP contribution in [0.2, 0.25) is 0 Å². The van der Waals surface area contributed by atoms with Crippen molar-refractivity contribution in [1.29, 1.82) is 0 Å². The molecule has 6 nitrogen and oxygen atoms in total. The van der Waals surface area contributed by atoms with Gasteiger partial charge in [-0.25, -0.2) is 0 Å². The van der Waals surface area contributed by atoms with E-state index in [0.29, 0.717) is 11.9 Å². The number of piperidine rings is 2. The molecule has 0 aliphatic carbocycles. The first-order valence-corrected chi connectivity index (χ1v) is 10.9. The van der Waals surface area contributed by atoms with Gasteiger partial charge in [0.05, 0.1) is 11.5 Å². The standard InChI is InChI=1S/C22H32N4O2/c1-17-20(7-4-10-23-17)22(28)25-14-8-19(9-15-25)26-13-5-6-18(16-26)21(27)24-11-2-3-12-24/h4,7,10,18-19H,2-3,5-6,8-9,11-16H2,1H3. The molecule has 3 fully saturated rings. The fourth-order valence-corrected chi connectivity index (χ4v) is 5.05. The van der Waals surface area contributed by atoms with Crippen molar-refractivity contribution >= 4 is 11.8 Å². The summed E-state index contributed by atoms with van der Waals surface area (Å²) in [5, 5.41) is 0. The van der Waals surface area contributed by atoms with Gasteiger partial charge in [0.15, 0.2) is 0 Å². The maximum atomic E-state index is 12.8. The highest BCUT2D eigenvalue weighted by Gasteiger charge is 2.34. The molecule has 0 aromatic carbocycles. The molecule has 0 saturated carbocycles. The normalized spacial score (nSPS) is 24.5. The van der Waals surface area contributed by atoms with Gasteiger partial charge in [-0.15, -0.1) is 0 Å². The van der Waals surface area contributed by atoms with Crippen molar-refractivity contribution in [2.45, 2.75) is 51.5 Å². The number of nitrogens with zero attached hydrogens (tertiary/aromatic N) is 4. The zero-order valence-corrected chi connectivity index (χ0v) is 17.0. The van der Waals surface area contributed by atoms with Gasteiger partial charge in [-0.1, -0.05) is 0 Å². The lowest BCUT2D eigenvalue weighted by Crippen LogP contribution is -2.51. The van der Waals surface area contributed by atoms with Gasteiger partial charge < -0.3 is 9.80 Å². The summed E-state index contributed by atoms with van der Waals surface area (Å²) in [7, 11) is 0. The second-order valence-corrected chi connectivity index (χ2v) is 8.53. The number of aromatic nitrogens is 1. The highest BCUT2D eigenvalue weighted by atomic mass is 16.2. The van der Waals surface area contributed by atoms with Crippen molar-refractivity contribution in [2.24, 2.45) is 5.92 Å². The summed E-state index contributed by atoms with van der Waals surface area (Å²) in [5.41, 5.74) is 1.52. The Morgan fingerprint density at radius 3 is 2.43 bits per heavy atom. The van der Waals surface area contributed by atoms with Crippen LogP contribution in [0.4, 0.5) is 0 Å². The molecule has 0 radical (unpaired) electrons. The van der Waals surface area contributed by atoms with Crippen LogP contribution in [0.1, 0.15) is 54.6 Å². The quantitative estimate of drug-likeness (QED) is 0.803. The molecule has 0 spiro atoms. The molecule has 28 heavy (non-hydrogen) atoms. The smallest absolute Gasteiger partial charge is 0.255 e. The van der Waals surface area contributed by atoms with E-state index in [9.17, 15) is 9.59 Å². The average Bonchev–Trinajstić information content (AvgIpc) is 3.28. The van der Waals surface area contributed by atoms with E-state index in [-0.39, 0.29) is 11.8 Å². The van der Waals surface area contributed by atoms with Gasteiger partial charge in [-0.2, -0.15) is 0 Å². The van der Waals surface area contributed by atoms with Crippen molar-refractivity contribution < 1.29 is 9.59 Å². The molecule has 4 heterocycles. The Labute approximate surface area is 167 Å². The lowest BCUT2D eigenvalue weighted by molar-refractivity contribution is -0.136. The molecule has 1 aromatic heterocycles. The Morgan fingerprint density at radius 1 is 0.964 bits per heavy atom. The Bertz CT molecular complexity index is 708. The van der Waals surface area contributed by atoms with E-state index in [0.717, 1.165) is 89.1 Å². The number of likely N-dealkylation sites (tertiary alicyclic amines) is 3. The monoisotopic (exact) mass is 384 g/mol. The molecule has 3 aliphatic heterocycles. The van der Waals surface area contributed by atoms with Crippen LogP contribution in [-0.2, 0) is 4.79 Å². The Balaban J connectivity index is 1.31. The van der Waals surface area contributed by atoms with Gasteiger partial charge in [-0.05, 0) is 64.1 Å². The predicted octanol–water partition coefficient (Wildman–Crippen LogP) is 2.33. The minimum absolute atomic E-state index is 0.102. The molecule has 0 bridgehead atoms. The molecule has 152 valence electrons. The van der Waals surface area contributed by atoms with E-state index in [1.165, 1.54) is 0 Å². The number of carbonyl (C=O) groups excluding carboxylic acids is 2. The van der Waals surface area contributed by atoms with E-state index in [4.69, 9.17) is 0 Å². The van der Waals surface area contributed by atoms with Crippen LogP contribution in [-0.4, -0.2) is 76.8 Å². The second-order valence-electron chi connectivity index (χ2n) is 8.53. The van der Waals surface area contributed by atoms with E-state index in [2.05, 4.69) is 14.8 Å². The van der Waals surface area contributed by atoms with Crippen molar-refractivity contribution in [3.05, 3.63) is 29.6 Å². The third-order valence-electron chi connectivity index (χ3n) is 6.73. The van der Waals surface area contributed by atoms with Crippen molar-refractivity contribution in [2.75, 3.05) is 39.3 Å². The molecule has 3 aliphatic rings. The van der Waals surface area contributed by atoms with Gasteiger partial charge >= 0.3 is 0 Å². The molecule has 2 amide bonds. The number of hydrogen-bond acceptors (Lipinski definition) is 4. The summed E-state index contributed by atoms with van der Waals surface area (Å²) in [6.07, 6.45) is 8.18. The fourth-order valence-electron chi connectivity index (χ4n) is 5.05. The molecular formula is C22H32N4O2. The highest BCUT2D eigenvalue weighted by Crippen LogP contribution is 2.26. The van der Waals surface area contributed by atoms with Crippen LogP contribution in [0.15, 0.2) is 18.3 Å². The summed E-state index contributed by atoms with van der Waals surface area (Å²) in [4.78, 5) is 36.4. The summed E-state index contributed by atoms with van der Waals surface area (Å²) in [5.74, 6) is 0.649. The van der Waals surface area contributed by atoms with Crippen molar-refractivity contribution in [3.63, 3.8) is 0 Å². The van der Waals surface area contributed by atoms with Crippen LogP contribution in [0.5, 0.6) is 0 Å². The molecule has 6 heteroatoms. The predicted molar refractivity (Wildman–Crippen MR) is 108 cm³/mol. The minimum atomic E-state index is 0.102. The lowest BCUT2D eigenvalue weighted by Gasteiger charge is -2.42.